The first kappa shape index (κ1) is 16.9. The molecule has 7 heteroatoms. The van der Waals surface area contributed by atoms with Gasteiger partial charge in [-0.3, -0.25) is 4.79 Å². The number of hydrogen-bond donors (Lipinski definition) is 1. The Balaban J connectivity index is 1.32. The Morgan fingerprint density at radius 2 is 2.00 bits per heavy atom. The van der Waals surface area contributed by atoms with Gasteiger partial charge in [-0.15, -0.1) is 10.2 Å². The minimum Gasteiger partial charge on any atom is -0.493 e. The number of carbonyl (C=O) groups is 1. The van der Waals surface area contributed by atoms with E-state index in [9.17, 15) is 4.79 Å². The van der Waals surface area contributed by atoms with Crippen LogP contribution in [0.2, 0.25) is 0 Å². The van der Waals surface area contributed by atoms with Crippen LogP contribution >= 0.6 is 0 Å². The van der Waals surface area contributed by atoms with E-state index in [0.717, 1.165) is 42.7 Å². The summed E-state index contributed by atoms with van der Waals surface area (Å²) in [6.07, 6.45) is 8.26. The second-order valence-corrected chi connectivity index (χ2v) is 7.08. The zero-order valence-electron chi connectivity index (χ0n) is 14.9. The van der Waals surface area contributed by atoms with Gasteiger partial charge in [0.2, 0.25) is 5.91 Å². The second kappa shape index (κ2) is 7.35. The van der Waals surface area contributed by atoms with E-state index in [1.807, 2.05) is 18.2 Å². The number of amides is 1. The monoisotopic (exact) mass is 356 g/mol. The molecule has 1 N–H and O–H groups in total. The van der Waals surface area contributed by atoms with Crippen molar-refractivity contribution in [2.45, 2.75) is 44.2 Å². The Morgan fingerprint density at radius 1 is 1.23 bits per heavy atom. The molecule has 0 radical (unpaired) electrons. The average Bonchev–Trinajstić information content (AvgIpc) is 3.22. The van der Waals surface area contributed by atoms with Crippen LogP contribution in [0.25, 0.3) is 0 Å². The van der Waals surface area contributed by atoms with Crippen molar-refractivity contribution in [3.63, 3.8) is 0 Å². The van der Waals surface area contributed by atoms with Gasteiger partial charge in [-0.25, -0.2) is 0 Å². The molecule has 1 amide bonds. The first-order valence-corrected chi connectivity index (χ1v) is 9.17. The summed E-state index contributed by atoms with van der Waals surface area (Å²) in [5.74, 6) is 1.44. The van der Waals surface area contributed by atoms with Crippen LogP contribution in [0.5, 0.6) is 11.5 Å². The highest BCUT2D eigenvalue weighted by atomic mass is 16.5. The lowest BCUT2D eigenvalue weighted by molar-refractivity contribution is -0.127. The topological polar surface area (TPSA) is 78.3 Å². The minimum absolute atomic E-state index is 0.0891. The number of rotatable bonds is 4. The highest BCUT2D eigenvalue weighted by Gasteiger charge is 2.30. The zero-order chi connectivity index (χ0) is 17.9. The van der Waals surface area contributed by atoms with Crippen LogP contribution in [0.1, 0.15) is 37.3 Å². The van der Waals surface area contributed by atoms with Gasteiger partial charge in [0.15, 0.2) is 11.5 Å². The van der Waals surface area contributed by atoms with E-state index in [2.05, 4.69) is 20.1 Å². The molecule has 0 saturated heterocycles. The quantitative estimate of drug-likeness (QED) is 0.908. The molecule has 1 aromatic heterocycles. The van der Waals surface area contributed by atoms with Crippen molar-refractivity contribution in [2.75, 3.05) is 13.7 Å². The van der Waals surface area contributed by atoms with E-state index in [0.29, 0.717) is 19.1 Å². The van der Waals surface area contributed by atoms with Gasteiger partial charge in [0.25, 0.3) is 0 Å². The van der Waals surface area contributed by atoms with Crippen LogP contribution < -0.4 is 14.8 Å². The average molecular weight is 356 g/mol. The van der Waals surface area contributed by atoms with Crippen LogP contribution in [0.4, 0.5) is 0 Å². The van der Waals surface area contributed by atoms with E-state index in [-0.39, 0.29) is 17.9 Å². The van der Waals surface area contributed by atoms with Crippen molar-refractivity contribution in [3.05, 3.63) is 36.4 Å². The van der Waals surface area contributed by atoms with Gasteiger partial charge < -0.3 is 19.4 Å². The fourth-order valence-corrected chi connectivity index (χ4v) is 3.96. The molecule has 1 saturated carbocycles. The number of nitrogens with one attached hydrogen (secondary N) is 1. The number of benzene rings is 1. The Hall–Kier alpha value is -2.57. The maximum Gasteiger partial charge on any atom is 0.227 e. The van der Waals surface area contributed by atoms with Gasteiger partial charge in [0.05, 0.1) is 13.0 Å². The largest absolute Gasteiger partial charge is 0.493 e. The summed E-state index contributed by atoms with van der Waals surface area (Å²) >= 11 is 0. The van der Waals surface area contributed by atoms with Crippen molar-refractivity contribution < 1.29 is 14.3 Å². The fraction of sp³-hybridized carbons (Fsp3) is 0.526. The van der Waals surface area contributed by atoms with Crippen molar-refractivity contribution in [1.29, 1.82) is 0 Å². The summed E-state index contributed by atoms with van der Waals surface area (Å²) < 4.78 is 13.2. The highest BCUT2D eigenvalue weighted by molar-refractivity contribution is 5.80. The lowest BCUT2D eigenvalue weighted by Gasteiger charge is -2.31. The molecule has 0 bridgehead atoms. The summed E-state index contributed by atoms with van der Waals surface area (Å²) in [7, 11) is 1.63. The van der Waals surface area contributed by atoms with E-state index in [1.165, 1.54) is 0 Å². The van der Waals surface area contributed by atoms with Crippen LogP contribution in [-0.2, 0) is 11.2 Å². The molecule has 2 heterocycles. The number of para-hydroxylation sites is 1. The minimum atomic E-state index is -0.148. The van der Waals surface area contributed by atoms with Crippen molar-refractivity contribution in [3.8, 4) is 11.5 Å². The van der Waals surface area contributed by atoms with Gasteiger partial charge in [0, 0.05) is 12.1 Å². The molecule has 4 rings (SSSR count). The summed E-state index contributed by atoms with van der Waals surface area (Å²) in [6.45, 7) is 0.398. The number of methoxy groups -OCH3 is 1. The summed E-state index contributed by atoms with van der Waals surface area (Å²) in [6, 6.07) is 6.50. The van der Waals surface area contributed by atoms with E-state index < -0.39 is 0 Å². The second-order valence-electron chi connectivity index (χ2n) is 7.08. The standard InChI is InChI=1S/C19H24N4O3/c1-25-17-4-2-3-13-9-14(10-26-18(13)17)19(24)22-15-5-7-16(8-6-15)23-11-20-21-12-23/h2-4,11-12,14-16H,5-10H2,1H3,(H,22,24)/t14-,15?,16?/m1/s1. The number of carbonyl (C=O) groups excluding carboxylic acids is 1. The predicted octanol–water partition coefficient (Wildman–Crippen LogP) is 2.14. The summed E-state index contributed by atoms with van der Waals surface area (Å²) in [4.78, 5) is 12.7. The normalized spacial score (nSPS) is 25.0. The maximum atomic E-state index is 12.7. The smallest absolute Gasteiger partial charge is 0.227 e. The Morgan fingerprint density at radius 3 is 2.73 bits per heavy atom. The molecule has 0 unspecified atom stereocenters. The summed E-state index contributed by atoms with van der Waals surface area (Å²) in [5, 5.41) is 11.0. The Kier molecular flexibility index (Phi) is 4.77. The summed E-state index contributed by atoms with van der Waals surface area (Å²) in [5.41, 5.74) is 1.03. The Bertz CT molecular complexity index is 754. The SMILES string of the molecule is COc1cccc2c1OC[C@H](C(=O)NC1CCC(n3cnnc3)CC1)C2. The zero-order valence-corrected chi connectivity index (χ0v) is 14.9. The van der Waals surface area contributed by atoms with Gasteiger partial charge in [0.1, 0.15) is 19.3 Å². The lowest BCUT2D eigenvalue weighted by atomic mass is 9.90. The lowest BCUT2D eigenvalue weighted by Crippen LogP contribution is -2.44. The molecule has 1 fully saturated rings. The van der Waals surface area contributed by atoms with Gasteiger partial charge in [-0.05, 0) is 43.7 Å². The predicted molar refractivity (Wildman–Crippen MR) is 95.1 cm³/mol. The van der Waals surface area contributed by atoms with Crippen LogP contribution in [0.15, 0.2) is 30.9 Å². The van der Waals surface area contributed by atoms with E-state index >= 15 is 0 Å². The number of hydrogen-bond acceptors (Lipinski definition) is 5. The number of ether oxygens (including phenoxy) is 2. The van der Waals surface area contributed by atoms with Crippen molar-refractivity contribution >= 4 is 5.91 Å². The molecule has 138 valence electrons. The molecule has 1 aliphatic carbocycles. The maximum absolute atomic E-state index is 12.7. The number of nitrogens with zero attached hydrogens (tertiary/aromatic N) is 3. The van der Waals surface area contributed by atoms with Crippen molar-refractivity contribution in [2.24, 2.45) is 5.92 Å². The third-order valence-electron chi connectivity index (χ3n) is 5.45. The Labute approximate surface area is 152 Å². The van der Waals surface area contributed by atoms with E-state index in [1.54, 1.807) is 19.8 Å². The first-order chi connectivity index (χ1) is 12.7. The molecule has 7 nitrogen and oxygen atoms in total. The molecule has 1 aromatic carbocycles. The molecule has 2 aromatic rings. The highest BCUT2D eigenvalue weighted by Crippen LogP contribution is 2.36. The third kappa shape index (κ3) is 3.38. The number of fused-ring (bicyclic) bond motifs is 1. The molecular formula is C19H24N4O3. The third-order valence-corrected chi connectivity index (χ3v) is 5.45. The van der Waals surface area contributed by atoms with E-state index in [4.69, 9.17) is 9.47 Å². The molecule has 1 aliphatic heterocycles. The van der Waals surface area contributed by atoms with Crippen molar-refractivity contribution in [1.82, 2.24) is 20.1 Å². The van der Waals surface area contributed by atoms with Crippen LogP contribution in [0, 0.1) is 5.92 Å². The van der Waals surface area contributed by atoms with Crippen LogP contribution in [-0.4, -0.2) is 40.4 Å². The van der Waals surface area contributed by atoms with Gasteiger partial charge >= 0.3 is 0 Å². The van der Waals surface area contributed by atoms with Crippen LogP contribution in [0.3, 0.4) is 0 Å². The van der Waals surface area contributed by atoms with Gasteiger partial charge in [-0.1, -0.05) is 12.1 Å². The first-order valence-electron chi connectivity index (χ1n) is 9.17. The molecule has 1 atom stereocenters. The molecule has 0 spiro atoms. The molecule has 26 heavy (non-hydrogen) atoms. The van der Waals surface area contributed by atoms with Gasteiger partial charge in [-0.2, -0.15) is 0 Å². The fourth-order valence-electron chi connectivity index (χ4n) is 3.96. The number of aromatic nitrogens is 3. The molecule has 2 aliphatic rings. The molecular weight excluding hydrogens is 332 g/mol.